The van der Waals surface area contributed by atoms with Crippen molar-refractivity contribution in [3.05, 3.63) is 83.9 Å². The highest BCUT2D eigenvalue weighted by atomic mass is 16.4. The Labute approximate surface area is 155 Å². The van der Waals surface area contributed by atoms with Crippen molar-refractivity contribution in [3.8, 4) is 0 Å². The Morgan fingerprint density at radius 2 is 1.33 bits per heavy atom. The van der Waals surface area contributed by atoms with Gasteiger partial charge >= 0.3 is 11.9 Å². The number of carboxylic acid groups (broad SMARTS) is 2. The van der Waals surface area contributed by atoms with E-state index in [-0.39, 0.29) is 6.42 Å². The molecule has 5 heteroatoms. The van der Waals surface area contributed by atoms with Gasteiger partial charge in [-0.25, -0.2) is 0 Å². The van der Waals surface area contributed by atoms with Crippen LogP contribution in [0.2, 0.25) is 0 Å². The number of carboxylic acids is 2. The van der Waals surface area contributed by atoms with Gasteiger partial charge < -0.3 is 10.2 Å². The normalized spacial score (nSPS) is 11.3. The third kappa shape index (κ3) is 3.58. The van der Waals surface area contributed by atoms with Crippen molar-refractivity contribution >= 4 is 28.5 Å². The first-order valence-corrected chi connectivity index (χ1v) is 8.46. The number of benzene rings is 3. The van der Waals surface area contributed by atoms with E-state index in [0.29, 0.717) is 11.1 Å². The molecular weight excluding hydrogens is 344 g/mol. The molecule has 0 fully saturated rings. The van der Waals surface area contributed by atoms with Crippen molar-refractivity contribution in [2.75, 3.05) is 0 Å². The molecule has 0 heterocycles. The van der Waals surface area contributed by atoms with Gasteiger partial charge in [0.1, 0.15) is 0 Å². The summed E-state index contributed by atoms with van der Waals surface area (Å²) >= 11 is 0. The Hall–Kier alpha value is -3.47. The summed E-state index contributed by atoms with van der Waals surface area (Å²) in [7, 11) is 0. The molecule has 0 aliphatic heterocycles. The van der Waals surface area contributed by atoms with E-state index in [9.17, 15) is 24.6 Å². The third-order valence-electron chi connectivity index (χ3n) is 4.75. The molecule has 0 aromatic heterocycles. The zero-order chi connectivity index (χ0) is 19.4. The lowest BCUT2D eigenvalue weighted by Gasteiger charge is -2.25. The quantitative estimate of drug-likeness (QED) is 0.492. The fourth-order valence-electron chi connectivity index (χ4n) is 3.23. The SMILES string of the molecule is O=C(CC(Cc1cccc2ccccc12)(C(=O)O)C(=O)O)c1ccccc1. The number of Topliss-reactive ketones (excluding diaryl/α,β-unsaturated/α-hetero) is 1. The molecule has 0 atom stereocenters. The van der Waals surface area contributed by atoms with Gasteiger partial charge in [-0.3, -0.25) is 14.4 Å². The second-order valence-electron chi connectivity index (χ2n) is 6.47. The van der Waals surface area contributed by atoms with E-state index in [1.165, 1.54) is 0 Å². The maximum Gasteiger partial charge on any atom is 0.321 e. The van der Waals surface area contributed by atoms with Crippen molar-refractivity contribution in [2.24, 2.45) is 5.41 Å². The second-order valence-corrected chi connectivity index (χ2v) is 6.47. The van der Waals surface area contributed by atoms with E-state index in [2.05, 4.69) is 0 Å². The largest absolute Gasteiger partial charge is 0.480 e. The van der Waals surface area contributed by atoms with Crippen LogP contribution in [0.15, 0.2) is 72.8 Å². The lowest BCUT2D eigenvalue weighted by Crippen LogP contribution is -2.43. The van der Waals surface area contributed by atoms with Crippen LogP contribution in [0.3, 0.4) is 0 Å². The van der Waals surface area contributed by atoms with Crippen LogP contribution in [-0.4, -0.2) is 27.9 Å². The summed E-state index contributed by atoms with van der Waals surface area (Å²) in [5, 5.41) is 21.2. The van der Waals surface area contributed by atoms with Gasteiger partial charge in [-0.05, 0) is 16.3 Å². The maximum absolute atomic E-state index is 12.6. The monoisotopic (exact) mass is 362 g/mol. The lowest BCUT2D eigenvalue weighted by atomic mass is 9.75. The van der Waals surface area contributed by atoms with E-state index >= 15 is 0 Å². The topological polar surface area (TPSA) is 91.7 Å². The number of aliphatic carboxylic acids is 2. The minimum Gasteiger partial charge on any atom is -0.480 e. The highest BCUT2D eigenvalue weighted by Gasteiger charge is 2.48. The lowest BCUT2D eigenvalue weighted by molar-refractivity contribution is -0.164. The molecule has 0 spiro atoms. The van der Waals surface area contributed by atoms with Crippen molar-refractivity contribution in [2.45, 2.75) is 12.8 Å². The third-order valence-corrected chi connectivity index (χ3v) is 4.75. The van der Waals surface area contributed by atoms with Gasteiger partial charge in [0, 0.05) is 18.4 Å². The Balaban J connectivity index is 2.04. The first-order valence-electron chi connectivity index (χ1n) is 8.46. The van der Waals surface area contributed by atoms with Gasteiger partial charge in [0.15, 0.2) is 11.2 Å². The van der Waals surface area contributed by atoms with Crippen LogP contribution in [-0.2, 0) is 16.0 Å². The highest BCUT2D eigenvalue weighted by molar-refractivity contribution is 6.07. The molecule has 2 N–H and O–H groups in total. The van der Waals surface area contributed by atoms with Crippen LogP contribution in [0.25, 0.3) is 10.8 Å². The first kappa shape index (κ1) is 18.3. The van der Waals surface area contributed by atoms with E-state index < -0.39 is 29.6 Å². The average Bonchev–Trinajstić information content (AvgIpc) is 2.68. The Morgan fingerprint density at radius 1 is 0.741 bits per heavy atom. The number of hydrogen-bond donors (Lipinski definition) is 2. The van der Waals surface area contributed by atoms with Gasteiger partial charge in [-0.1, -0.05) is 72.8 Å². The molecule has 3 rings (SSSR count). The van der Waals surface area contributed by atoms with Crippen LogP contribution >= 0.6 is 0 Å². The van der Waals surface area contributed by atoms with Crippen LogP contribution in [0.4, 0.5) is 0 Å². The number of fused-ring (bicyclic) bond motifs is 1. The van der Waals surface area contributed by atoms with Crippen LogP contribution in [0.1, 0.15) is 22.3 Å². The molecule has 27 heavy (non-hydrogen) atoms. The summed E-state index contributed by atoms with van der Waals surface area (Å²) < 4.78 is 0. The van der Waals surface area contributed by atoms with Gasteiger partial charge in [0.25, 0.3) is 0 Å². The predicted octanol–water partition coefficient (Wildman–Crippen LogP) is 3.81. The molecule has 0 bridgehead atoms. The van der Waals surface area contributed by atoms with E-state index in [4.69, 9.17) is 0 Å². The maximum atomic E-state index is 12.6. The summed E-state index contributed by atoms with van der Waals surface area (Å²) in [6.45, 7) is 0. The number of ketones is 1. The van der Waals surface area contributed by atoms with E-state index in [1.807, 2.05) is 30.3 Å². The smallest absolute Gasteiger partial charge is 0.321 e. The van der Waals surface area contributed by atoms with Gasteiger partial charge in [-0.15, -0.1) is 0 Å². The fourth-order valence-corrected chi connectivity index (χ4v) is 3.23. The summed E-state index contributed by atoms with van der Waals surface area (Å²) in [6, 6.07) is 20.8. The number of hydrogen-bond acceptors (Lipinski definition) is 3. The summed E-state index contributed by atoms with van der Waals surface area (Å²) in [4.78, 5) is 36.7. The van der Waals surface area contributed by atoms with Crippen molar-refractivity contribution in [1.29, 1.82) is 0 Å². The molecule has 0 radical (unpaired) electrons. The first-order chi connectivity index (χ1) is 12.9. The molecule has 0 saturated heterocycles. The summed E-state index contributed by atoms with van der Waals surface area (Å²) in [6.07, 6.45) is -0.900. The zero-order valence-corrected chi connectivity index (χ0v) is 14.5. The minimum absolute atomic E-state index is 0.280. The molecule has 0 unspecified atom stereocenters. The van der Waals surface area contributed by atoms with Crippen LogP contribution < -0.4 is 0 Å². The summed E-state index contributed by atoms with van der Waals surface area (Å²) in [5.41, 5.74) is -1.36. The number of carbonyl (C=O) groups excluding carboxylic acids is 1. The van der Waals surface area contributed by atoms with Gasteiger partial charge in [-0.2, -0.15) is 0 Å². The molecule has 3 aromatic carbocycles. The second kappa shape index (κ2) is 7.41. The fraction of sp³-hybridized carbons (Fsp3) is 0.136. The predicted molar refractivity (Wildman–Crippen MR) is 101 cm³/mol. The zero-order valence-electron chi connectivity index (χ0n) is 14.5. The molecule has 0 saturated carbocycles. The molecular formula is C22H18O5. The molecule has 0 aliphatic carbocycles. The van der Waals surface area contributed by atoms with Crippen molar-refractivity contribution in [1.82, 2.24) is 0 Å². The Morgan fingerprint density at radius 3 is 2.00 bits per heavy atom. The molecule has 0 amide bonds. The van der Waals surface area contributed by atoms with E-state index in [0.717, 1.165) is 10.8 Å². The average molecular weight is 362 g/mol. The van der Waals surface area contributed by atoms with Crippen molar-refractivity contribution in [3.63, 3.8) is 0 Å². The number of carbonyl (C=O) groups is 3. The molecule has 136 valence electrons. The highest BCUT2D eigenvalue weighted by Crippen LogP contribution is 2.33. The van der Waals surface area contributed by atoms with Crippen LogP contribution in [0.5, 0.6) is 0 Å². The standard InChI is InChI=1S/C22H18O5/c23-19(16-8-2-1-3-9-16)14-22(20(24)25,21(26)27)13-17-11-6-10-15-7-4-5-12-18(15)17/h1-12H,13-14H2,(H,24,25)(H,26,27). The Kier molecular flexibility index (Phi) is 5.03. The molecule has 5 nitrogen and oxygen atoms in total. The summed E-state index contributed by atoms with van der Waals surface area (Å²) in [5.74, 6) is -3.56. The minimum atomic E-state index is -2.24. The van der Waals surface area contributed by atoms with E-state index in [1.54, 1.807) is 42.5 Å². The van der Waals surface area contributed by atoms with Crippen LogP contribution in [0, 0.1) is 5.41 Å². The van der Waals surface area contributed by atoms with Gasteiger partial charge in [0.2, 0.25) is 0 Å². The number of rotatable bonds is 7. The molecule has 3 aromatic rings. The Bertz CT molecular complexity index is 988. The molecule has 0 aliphatic rings. The van der Waals surface area contributed by atoms with Gasteiger partial charge in [0.05, 0.1) is 0 Å². The van der Waals surface area contributed by atoms with Crippen molar-refractivity contribution < 1.29 is 24.6 Å².